The maximum Gasteiger partial charge on any atom is 0.315 e. The van der Waals surface area contributed by atoms with Crippen molar-refractivity contribution >= 4 is 11.8 Å². The number of carbonyl (C=O) groups excluding carboxylic acids is 2. The SMILES string of the molecule is O=C(NCC1CCCN(C(=O)C(F)F)C1)C1CCCN1. The van der Waals surface area contributed by atoms with E-state index in [-0.39, 0.29) is 17.9 Å². The van der Waals surface area contributed by atoms with Crippen molar-refractivity contribution < 1.29 is 18.4 Å². The lowest BCUT2D eigenvalue weighted by Gasteiger charge is -2.32. The Labute approximate surface area is 117 Å². The Hall–Kier alpha value is -1.24. The first kappa shape index (κ1) is 15.2. The Bertz CT molecular complexity index is 360. The Morgan fingerprint density at radius 2 is 2.10 bits per heavy atom. The summed E-state index contributed by atoms with van der Waals surface area (Å²) in [4.78, 5) is 24.3. The van der Waals surface area contributed by atoms with Crippen molar-refractivity contribution in [2.75, 3.05) is 26.2 Å². The summed E-state index contributed by atoms with van der Waals surface area (Å²) in [5, 5.41) is 5.97. The van der Waals surface area contributed by atoms with Gasteiger partial charge in [0.05, 0.1) is 6.04 Å². The summed E-state index contributed by atoms with van der Waals surface area (Å²) in [5.74, 6) is -1.06. The zero-order chi connectivity index (χ0) is 14.5. The predicted molar refractivity (Wildman–Crippen MR) is 69.3 cm³/mol. The quantitative estimate of drug-likeness (QED) is 0.785. The molecule has 2 fully saturated rings. The van der Waals surface area contributed by atoms with Crippen LogP contribution in [0.3, 0.4) is 0 Å². The molecule has 20 heavy (non-hydrogen) atoms. The van der Waals surface area contributed by atoms with Crippen LogP contribution in [0.4, 0.5) is 8.78 Å². The molecule has 0 aromatic rings. The average Bonchev–Trinajstić information content (AvgIpc) is 2.98. The minimum absolute atomic E-state index is 0.0280. The molecule has 2 saturated heterocycles. The maximum atomic E-state index is 12.4. The molecule has 0 aromatic heterocycles. The number of hydrogen-bond donors (Lipinski definition) is 2. The van der Waals surface area contributed by atoms with Crippen LogP contribution in [0.25, 0.3) is 0 Å². The molecule has 0 spiro atoms. The molecule has 2 amide bonds. The number of nitrogens with zero attached hydrogens (tertiary/aromatic N) is 1. The molecule has 2 atom stereocenters. The van der Waals surface area contributed by atoms with E-state index < -0.39 is 12.3 Å². The van der Waals surface area contributed by atoms with Crippen LogP contribution < -0.4 is 10.6 Å². The van der Waals surface area contributed by atoms with Gasteiger partial charge in [0.2, 0.25) is 5.91 Å². The first-order chi connectivity index (χ1) is 9.58. The minimum atomic E-state index is -2.94. The van der Waals surface area contributed by atoms with Gasteiger partial charge in [-0.2, -0.15) is 8.78 Å². The van der Waals surface area contributed by atoms with Crippen LogP contribution in [-0.4, -0.2) is 55.4 Å². The second kappa shape index (κ2) is 6.97. The molecule has 0 radical (unpaired) electrons. The molecule has 2 aliphatic heterocycles. The molecule has 2 aliphatic rings. The molecule has 2 heterocycles. The summed E-state index contributed by atoms with van der Waals surface area (Å²) in [7, 11) is 0. The van der Waals surface area contributed by atoms with Gasteiger partial charge in [-0.3, -0.25) is 9.59 Å². The number of halogens is 2. The van der Waals surface area contributed by atoms with E-state index in [4.69, 9.17) is 0 Å². The fourth-order valence-electron chi connectivity index (χ4n) is 2.85. The van der Waals surface area contributed by atoms with Gasteiger partial charge >= 0.3 is 6.43 Å². The van der Waals surface area contributed by atoms with E-state index in [2.05, 4.69) is 10.6 Å². The van der Waals surface area contributed by atoms with E-state index in [9.17, 15) is 18.4 Å². The molecule has 0 bridgehead atoms. The molecular weight excluding hydrogens is 268 g/mol. The van der Waals surface area contributed by atoms with Crippen LogP contribution in [0.1, 0.15) is 25.7 Å². The number of amides is 2. The van der Waals surface area contributed by atoms with Gasteiger partial charge in [-0.1, -0.05) is 0 Å². The van der Waals surface area contributed by atoms with Gasteiger partial charge in [-0.05, 0) is 38.1 Å². The van der Waals surface area contributed by atoms with Gasteiger partial charge in [0.15, 0.2) is 0 Å². The van der Waals surface area contributed by atoms with Crippen molar-refractivity contribution in [2.45, 2.75) is 38.2 Å². The number of rotatable bonds is 4. The molecule has 7 heteroatoms. The van der Waals surface area contributed by atoms with Gasteiger partial charge in [-0.15, -0.1) is 0 Å². The van der Waals surface area contributed by atoms with Crippen molar-refractivity contribution in [2.24, 2.45) is 5.92 Å². The molecule has 2 N–H and O–H groups in total. The summed E-state index contributed by atoms with van der Waals surface area (Å²) >= 11 is 0. The van der Waals surface area contributed by atoms with Crippen molar-refractivity contribution in [3.05, 3.63) is 0 Å². The van der Waals surface area contributed by atoms with Crippen LogP contribution >= 0.6 is 0 Å². The predicted octanol–water partition coefficient (Wildman–Crippen LogP) is 0.358. The van der Waals surface area contributed by atoms with E-state index in [0.717, 1.165) is 25.8 Å². The molecular formula is C13H21F2N3O2. The zero-order valence-electron chi connectivity index (χ0n) is 11.4. The zero-order valence-corrected chi connectivity index (χ0v) is 11.4. The van der Waals surface area contributed by atoms with E-state index in [1.807, 2.05) is 0 Å². The highest BCUT2D eigenvalue weighted by Gasteiger charge is 2.29. The van der Waals surface area contributed by atoms with E-state index in [0.29, 0.717) is 26.1 Å². The van der Waals surface area contributed by atoms with Gasteiger partial charge in [-0.25, -0.2) is 0 Å². The molecule has 0 aromatic carbocycles. The smallest absolute Gasteiger partial charge is 0.315 e. The Morgan fingerprint density at radius 1 is 1.30 bits per heavy atom. The highest BCUT2D eigenvalue weighted by Crippen LogP contribution is 2.17. The number of alkyl halides is 2. The fraction of sp³-hybridized carbons (Fsp3) is 0.846. The molecule has 5 nitrogen and oxygen atoms in total. The summed E-state index contributed by atoms with van der Waals surface area (Å²) in [6.07, 6.45) is 0.461. The number of nitrogens with one attached hydrogen (secondary N) is 2. The third-order valence-corrected chi connectivity index (χ3v) is 3.96. The standard InChI is InChI=1S/C13H21F2N3O2/c14-11(15)13(20)18-6-2-3-9(8-18)7-17-12(19)10-4-1-5-16-10/h9-11,16H,1-8H2,(H,17,19). The first-order valence-corrected chi connectivity index (χ1v) is 7.16. The van der Waals surface area contributed by atoms with Crippen LogP contribution in [0.2, 0.25) is 0 Å². The monoisotopic (exact) mass is 289 g/mol. The van der Waals surface area contributed by atoms with Gasteiger partial charge < -0.3 is 15.5 Å². The lowest BCUT2D eigenvalue weighted by molar-refractivity contribution is -0.144. The van der Waals surface area contributed by atoms with Gasteiger partial charge in [0, 0.05) is 19.6 Å². The van der Waals surface area contributed by atoms with Gasteiger partial charge in [0.1, 0.15) is 0 Å². The van der Waals surface area contributed by atoms with E-state index in [1.54, 1.807) is 0 Å². The van der Waals surface area contributed by atoms with Crippen LogP contribution in [0, 0.1) is 5.92 Å². The van der Waals surface area contributed by atoms with E-state index >= 15 is 0 Å². The van der Waals surface area contributed by atoms with Crippen LogP contribution in [0.15, 0.2) is 0 Å². The largest absolute Gasteiger partial charge is 0.354 e. The molecule has 0 aliphatic carbocycles. The number of hydrogen-bond acceptors (Lipinski definition) is 3. The fourth-order valence-corrected chi connectivity index (χ4v) is 2.85. The molecule has 0 saturated carbocycles. The lowest BCUT2D eigenvalue weighted by Crippen LogP contribution is -2.47. The number of likely N-dealkylation sites (tertiary alicyclic amines) is 1. The Kier molecular flexibility index (Phi) is 5.28. The Balaban J connectivity index is 1.75. The molecule has 114 valence electrons. The summed E-state index contributed by atoms with van der Waals surface area (Å²) in [6, 6.07) is -0.127. The first-order valence-electron chi connectivity index (χ1n) is 7.16. The second-order valence-corrected chi connectivity index (χ2v) is 5.49. The van der Waals surface area contributed by atoms with Crippen LogP contribution in [0.5, 0.6) is 0 Å². The van der Waals surface area contributed by atoms with Crippen molar-refractivity contribution in [1.29, 1.82) is 0 Å². The maximum absolute atomic E-state index is 12.4. The normalized spacial score (nSPS) is 26.9. The molecule has 2 unspecified atom stereocenters. The van der Waals surface area contributed by atoms with Gasteiger partial charge in [0.25, 0.3) is 5.91 Å². The summed E-state index contributed by atoms with van der Waals surface area (Å²) in [5.41, 5.74) is 0. The van der Waals surface area contributed by atoms with Crippen molar-refractivity contribution in [3.63, 3.8) is 0 Å². The third kappa shape index (κ3) is 3.88. The number of piperidine rings is 1. The molecule has 2 rings (SSSR count). The number of carbonyl (C=O) groups is 2. The lowest BCUT2D eigenvalue weighted by atomic mass is 9.97. The summed E-state index contributed by atoms with van der Waals surface area (Å²) in [6.45, 7) is 2.00. The van der Waals surface area contributed by atoms with Crippen molar-refractivity contribution in [3.8, 4) is 0 Å². The topological polar surface area (TPSA) is 61.4 Å². The highest BCUT2D eigenvalue weighted by molar-refractivity contribution is 5.82. The van der Waals surface area contributed by atoms with Crippen LogP contribution in [-0.2, 0) is 9.59 Å². The van der Waals surface area contributed by atoms with E-state index in [1.165, 1.54) is 4.90 Å². The van der Waals surface area contributed by atoms with Crippen molar-refractivity contribution in [1.82, 2.24) is 15.5 Å². The second-order valence-electron chi connectivity index (χ2n) is 5.49. The third-order valence-electron chi connectivity index (χ3n) is 3.96. The average molecular weight is 289 g/mol. The summed E-state index contributed by atoms with van der Waals surface area (Å²) < 4.78 is 24.8. The minimum Gasteiger partial charge on any atom is -0.354 e. The highest BCUT2D eigenvalue weighted by atomic mass is 19.3. The Morgan fingerprint density at radius 3 is 2.75 bits per heavy atom.